The van der Waals surface area contributed by atoms with Crippen molar-refractivity contribution < 1.29 is 28.0 Å². The summed E-state index contributed by atoms with van der Waals surface area (Å²) in [5.74, 6) is -3.03. The maximum absolute atomic E-state index is 12.6. The van der Waals surface area contributed by atoms with Gasteiger partial charge < -0.3 is 16.2 Å². The number of nitro benzene ring substituents is 1. The van der Waals surface area contributed by atoms with Crippen LogP contribution in [0.3, 0.4) is 0 Å². The van der Waals surface area contributed by atoms with Crippen molar-refractivity contribution in [3.63, 3.8) is 0 Å². The predicted octanol–water partition coefficient (Wildman–Crippen LogP) is 1.78. The lowest BCUT2D eigenvalue weighted by molar-refractivity contribution is -0.385. The molecule has 1 unspecified atom stereocenters. The molecular weight excluding hydrogens is 402 g/mol. The van der Waals surface area contributed by atoms with E-state index in [0.717, 1.165) is 12.1 Å². The second-order valence-electron chi connectivity index (χ2n) is 6.44. The Hall–Kier alpha value is -3.47. The van der Waals surface area contributed by atoms with Crippen molar-refractivity contribution >= 4 is 33.1 Å². The number of amides is 1. The van der Waals surface area contributed by atoms with E-state index in [-0.39, 0.29) is 4.90 Å². The fourth-order valence-corrected chi connectivity index (χ4v) is 4.28. The van der Waals surface area contributed by atoms with Crippen molar-refractivity contribution in [3.8, 4) is 0 Å². The van der Waals surface area contributed by atoms with Crippen molar-refractivity contribution in [1.29, 1.82) is 0 Å². The second-order valence-corrected chi connectivity index (χ2v) is 8.47. The summed E-state index contributed by atoms with van der Waals surface area (Å²) in [5, 5.41) is 22.7. The van der Waals surface area contributed by atoms with Crippen LogP contribution < -0.4 is 11.1 Å². The fourth-order valence-electron chi connectivity index (χ4n) is 2.72. The number of nitrogens with two attached hydrogens (primary N) is 1. The quantitative estimate of drug-likeness (QED) is 0.345. The number of aromatic carboxylic acids is 1. The van der Waals surface area contributed by atoms with Gasteiger partial charge in [0, 0.05) is 17.8 Å². The van der Waals surface area contributed by atoms with Crippen LogP contribution in [0.4, 0.5) is 11.4 Å². The average molecular weight is 421 g/mol. The minimum absolute atomic E-state index is 0.0341. The molecule has 0 aliphatic carbocycles. The van der Waals surface area contributed by atoms with Crippen LogP contribution in [0.5, 0.6) is 0 Å². The zero-order chi connectivity index (χ0) is 21.9. The second kappa shape index (κ2) is 8.27. The molecule has 1 atom stereocenters. The molecular formula is C18H19N3O7S. The summed E-state index contributed by atoms with van der Waals surface area (Å²) in [4.78, 5) is 34.1. The van der Waals surface area contributed by atoms with Crippen molar-refractivity contribution in [3.05, 3.63) is 63.2 Å². The monoisotopic (exact) mass is 421 g/mol. The summed E-state index contributed by atoms with van der Waals surface area (Å²) >= 11 is 0. The summed E-state index contributed by atoms with van der Waals surface area (Å²) in [7, 11) is -3.77. The zero-order valence-electron chi connectivity index (χ0n) is 15.6. The van der Waals surface area contributed by atoms with Crippen LogP contribution in [0, 0.1) is 17.0 Å². The van der Waals surface area contributed by atoms with Crippen LogP contribution in [0.2, 0.25) is 0 Å². The van der Waals surface area contributed by atoms with Crippen LogP contribution >= 0.6 is 0 Å². The van der Waals surface area contributed by atoms with Crippen molar-refractivity contribution in [2.75, 3.05) is 11.5 Å². The number of anilines is 1. The van der Waals surface area contributed by atoms with E-state index >= 15 is 0 Å². The Morgan fingerprint density at radius 1 is 1.28 bits per heavy atom. The Kier molecular flexibility index (Phi) is 6.22. The zero-order valence-corrected chi connectivity index (χ0v) is 16.4. The van der Waals surface area contributed by atoms with E-state index in [1.54, 1.807) is 6.92 Å². The van der Waals surface area contributed by atoms with Gasteiger partial charge in [0.1, 0.15) is 5.56 Å². The number of nitrogen functional groups attached to an aromatic ring is 1. The van der Waals surface area contributed by atoms with E-state index < -0.39 is 55.2 Å². The molecule has 0 saturated heterocycles. The molecule has 11 heteroatoms. The van der Waals surface area contributed by atoms with Gasteiger partial charge >= 0.3 is 5.97 Å². The number of nitro groups is 1. The van der Waals surface area contributed by atoms with Gasteiger partial charge in [0.2, 0.25) is 0 Å². The van der Waals surface area contributed by atoms with Gasteiger partial charge in [-0.1, -0.05) is 6.07 Å². The van der Waals surface area contributed by atoms with E-state index in [1.165, 1.54) is 31.2 Å². The predicted molar refractivity (Wildman–Crippen MR) is 105 cm³/mol. The molecule has 1 amide bonds. The molecule has 0 spiro atoms. The number of carboxylic acids is 1. The summed E-state index contributed by atoms with van der Waals surface area (Å²) in [6.07, 6.45) is 0. The highest BCUT2D eigenvalue weighted by atomic mass is 32.2. The number of rotatable bonds is 7. The van der Waals surface area contributed by atoms with E-state index in [2.05, 4.69) is 5.32 Å². The van der Waals surface area contributed by atoms with E-state index in [1.807, 2.05) is 0 Å². The molecule has 2 aromatic carbocycles. The van der Waals surface area contributed by atoms with Crippen LogP contribution in [0.15, 0.2) is 41.3 Å². The lowest BCUT2D eigenvalue weighted by atomic mass is 10.0. The first-order valence-corrected chi connectivity index (χ1v) is 9.99. The highest BCUT2D eigenvalue weighted by Crippen LogP contribution is 2.23. The van der Waals surface area contributed by atoms with Crippen LogP contribution in [0.1, 0.15) is 33.2 Å². The minimum atomic E-state index is -3.77. The molecule has 29 heavy (non-hydrogen) atoms. The number of nitrogens with zero attached hydrogens (tertiary/aromatic N) is 1. The highest BCUT2D eigenvalue weighted by molar-refractivity contribution is 7.91. The summed E-state index contributed by atoms with van der Waals surface area (Å²) < 4.78 is 25.1. The lowest BCUT2D eigenvalue weighted by Crippen LogP contribution is -2.38. The first-order chi connectivity index (χ1) is 13.4. The maximum Gasteiger partial charge on any atom is 0.343 e. The van der Waals surface area contributed by atoms with Crippen LogP contribution in [-0.4, -0.2) is 42.1 Å². The van der Waals surface area contributed by atoms with Gasteiger partial charge in [0.15, 0.2) is 9.84 Å². The molecule has 0 fully saturated rings. The molecule has 10 nitrogen and oxygen atoms in total. The number of carbonyl (C=O) groups is 2. The summed E-state index contributed by atoms with van der Waals surface area (Å²) in [6.45, 7) is 3.09. The first-order valence-electron chi connectivity index (χ1n) is 8.34. The largest absolute Gasteiger partial charge is 0.477 e. The van der Waals surface area contributed by atoms with Gasteiger partial charge in [0.25, 0.3) is 11.6 Å². The number of aryl methyl sites for hydroxylation is 1. The number of carbonyl (C=O) groups excluding carboxylic acids is 1. The molecule has 4 N–H and O–H groups in total. The van der Waals surface area contributed by atoms with Crippen LogP contribution in [0.25, 0.3) is 0 Å². The molecule has 2 aromatic rings. The molecule has 154 valence electrons. The number of carboxylic acid groups (broad SMARTS) is 1. The van der Waals surface area contributed by atoms with Gasteiger partial charge in [-0.25, -0.2) is 13.2 Å². The Morgan fingerprint density at radius 2 is 1.93 bits per heavy atom. The van der Waals surface area contributed by atoms with Gasteiger partial charge in [-0.15, -0.1) is 0 Å². The molecule has 0 aromatic heterocycles. The van der Waals surface area contributed by atoms with Crippen molar-refractivity contribution in [2.24, 2.45) is 0 Å². The van der Waals surface area contributed by atoms with E-state index in [4.69, 9.17) is 5.73 Å². The Labute approximate surface area is 166 Å². The Morgan fingerprint density at radius 3 is 2.48 bits per heavy atom. The number of hydrogen-bond donors (Lipinski definition) is 3. The molecule has 0 heterocycles. The fraction of sp³-hybridized carbons (Fsp3) is 0.222. The first kappa shape index (κ1) is 21.8. The maximum atomic E-state index is 12.6. The number of hydrogen-bond acceptors (Lipinski definition) is 7. The Balaban J connectivity index is 2.25. The lowest BCUT2D eigenvalue weighted by Gasteiger charge is -2.16. The van der Waals surface area contributed by atoms with Crippen LogP contribution in [-0.2, 0) is 9.84 Å². The number of nitrogens with one attached hydrogen (secondary N) is 1. The smallest absolute Gasteiger partial charge is 0.343 e. The third-order valence-electron chi connectivity index (χ3n) is 4.14. The molecule has 0 aliphatic heterocycles. The Bertz CT molecular complexity index is 1100. The van der Waals surface area contributed by atoms with Gasteiger partial charge in [-0.3, -0.25) is 14.9 Å². The van der Waals surface area contributed by atoms with E-state index in [0.29, 0.717) is 11.3 Å². The summed E-state index contributed by atoms with van der Waals surface area (Å²) in [5.41, 5.74) is 4.79. The minimum Gasteiger partial charge on any atom is -0.477 e. The topological polar surface area (TPSA) is 170 Å². The third-order valence-corrected chi connectivity index (χ3v) is 6.06. The molecule has 0 radical (unpaired) electrons. The standard InChI is InChI=1S/C18H19N3O7S/c1-10-8-12(6-7-14(10)19)29(27,28)9-11(2)20-17(22)13-4-3-5-15(21(25)26)16(13)18(23)24/h3-8,11H,9,19H2,1-2H3,(H,20,22)(H,23,24). The molecule has 0 bridgehead atoms. The molecule has 0 saturated carbocycles. The normalized spacial score (nSPS) is 12.2. The highest BCUT2D eigenvalue weighted by Gasteiger charge is 2.28. The molecule has 2 rings (SSSR count). The van der Waals surface area contributed by atoms with E-state index in [9.17, 15) is 33.2 Å². The number of benzene rings is 2. The molecule has 0 aliphatic rings. The third kappa shape index (κ3) is 4.88. The van der Waals surface area contributed by atoms with Crippen molar-refractivity contribution in [2.45, 2.75) is 24.8 Å². The van der Waals surface area contributed by atoms with Gasteiger partial charge in [-0.05, 0) is 43.7 Å². The number of sulfone groups is 1. The SMILES string of the molecule is Cc1cc(S(=O)(=O)CC(C)NC(=O)c2cccc([N+](=O)[O-])c2C(=O)O)ccc1N. The average Bonchev–Trinajstić information content (AvgIpc) is 2.62. The van der Waals surface area contributed by atoms with Crippen molar-refractivity contribution in [1.82, 2.24) is 5.32 Å². The van der Waals surface area contributed by atoms with Gasteiger partial charge in [-0.2, -0.15) is 0 Å². The summed E-state index contributed by atoms with van der Waals surface area (Å²) in [6, 6.07) is 6.61. The van der Waals surface area contributed by atoms with Gasteiger partial charge in [0.05, 0.1) is 21.1 Å².